The van der Waals surface area contributed by atoms with Gasteiger partial charge in [-0.15, -0.1) is 0 Å². The van der Waals surface area contributed by atoms with Crippen molar-refractivity contribution in [2.75, 3.05) is 13.7 Å². The fraction of sp³-hybridized carbons (Fsp3) is 0.375. The summed E-state index contributed by atoms with van der Waals surface area (Å²) >= 11 is 0. The van der Waals surface area contributed by atoms with E-state index in [1.54, 1.807) is 44.4 Å². The van der Waals surface area contributed by atoms with E-state index in [4.69, 9.17) is 4.74 Å². The monoisotopic (exact) mass is 448 g/mol. The number of amides is 2. The number of nitrogens with one attached hydrogen (secondary N) is 1. The first kappa shape index (κ1) is 22.4. The van der Waals surface area contributed by atoms with Gasteiger partial charge in [0.05, 0.1) is 36.2 Å². The maximum Gasteiger partial charge on any atom is 0.257 e. The van der Waals surface area contributed by atoms with Gasteiger partial charge >= 0.3 is 0 Å². The van der Waals surface area contributed by atoms with Gasteiger partial charge in [-0.2, -0.15) is 5.10 Å². The molecule has 0 radical (unpaired) electrons. The van der Waals surface area contributed by atoms with Crippen molar-refractivity contribution in [3.63, 3.8) is 0 Å². The van der Waals surface area contributed by atoms with Crippen molar-refractivity contribution in [1.82, 2.24) is 30.0 Å². The summed E-state index contributed by atoms with van der Waals surface area (Å²) < 4.78 is 6.84. The van der Waals surface area contributed by atoms with Crippen LogP contribution in [0.5, 0.6) is 5.75 Å². The smallest absolute Gasteiger partial charge is 0.257 e. The zero-order valence-electron chi connectivity index (χ0n) is 19.1. The van der Waals surface area contributed by atoms with Gasteiger partial charge in [-0.3, -0.25) is 14.3 Å². The van der Waals surface area contributed by atoms with E-state index < -0.39 is 0 Å². The first-order chi connectivity index (χ1) is 16.0. The number of carbonyl (C=O) groups is 2. The molecule has 0 saturated carbocycles. The van der Waals surface area contributed by atoms with Crippen LogP contribution in [0.2, 0.25) is 0 Å². The van der Waals surface area contributed by atoms with Crippen LogP contribution in [0.1, 0.15) is 63.1 Å². The first-order valence-electron chi connectivity index (χ1n) is 11.0. The predicted octanol–water partition coefficient (Wildman–Crippen LogP) is 2.82. The number of aryl methyl sites for hydroxylation is 2. The molecule has 0 bridgehead atoms. The Bertz CT molecular complexity index is 1160. The van der Waals surface area contributed by atoms with Crippen LogP contribution in [-0.2, 0) is 13.6 Å². The number of benzene rings is 1. The number of hydrogen-bond acceptors (Lipinski definition) is 6. The number of ether oxygens (including phenoxy) is 1. The molecule has 0 spiro atoms. The Labute approximate surface area is 192 Å². The van der Waals surface area contributed by atoms with Gasteiger partial charge in [0.25, 0.3) is 11.8 Å². The Morgan fingerprint density at radius 2 is 2.09 bits per heavy atom. The van der Waals surface area contributed by atoms with Crippen molar-refractivity contribution in [3.05, 3.63) is 71.1 Å². The summed E-state index contributed by atoms with van der Waals surface area (Å²) in [5, 5.41) is 7.02. The van der Waals surface area contributed by atoms with Crippen LogP contribution in [0.4, 0.5) is 0 Å². The van der Waals surface area contributed by atoms with Gasteiger partial charge in [0.15, 0.2) is 5.82 Å². The molecule has 3 aromatic rings. The largest absolute Gasteiger partial charge is 0.497 e. The average Bonchev–Trinajstić information content (AvgIpc) is 3.28. The molecule has 4 rings (SSSR count). The van der Waals surface area contributed by atoms with Crippen molar-refractivity contribution in [1.29, 1.82) is 0 Å². The van der Waals surface area contributed by atoms with Gasteiger partial charge < -0.3 is 15.0 Å². The molecular formula is C24H28N6O3. The lowest BCUT2D eigenvalue weighted by molar-refractivity contribution is 0.0599. The Hall–Kier alpha value is -3.75. The molecule has 1 N–H and O–H groups in total. The van der Waals surface area contributed by atoms with Crippen LogP contribution in [0.3, 0.4) is 0 Å². The zero-order valence-corrected chi connectivity index (χ0v) is 19.1. The third kappa shape index (κ3) is 5.02. The predicted molar refractivity (Wildman–Crippen MR) is 122 cm³/mol. The number of piperidine rings is 1. The molecular weight excluding hydrogens is 420 g/mol. The molecule has 1 aliphatic heterocycles. The number of likely N-dealkylation sites (tertiary alicyclic amines) is 1. The summed E-state index contributed by atoms with van der Waals surface area (Å²) in [6.07, 6.45) is 7.57. The molecule has 9 heteroatoms. The quantitative estimate of drug-likeness (QED) is 0.622. The lowest BCUT2D eigenvalue weighted by Crippen LogP contribution is -2.39. The Balaban J connectivity index is 1.48. The van der Waals surface area contributed by atoms with E-state index in [2.05, 4.69) is 20.4 Å². The molecule has 3 heterocycles. The van der Waals surface area contributed by atoms with Crippen LogP contribution < -0.4 is 10.1 Å². The maximum atomic E-state index is 13.1. The highest BCUT2D eigenvalue weighted by atomic mass is 16.5. The van der Waals surface area contributed by atoms with E-state index in [1.165, 1.54) is 0 Å². The summed E-state index contributed by atoms with van der Waals surface area (Å²) in [6.45, 7) is 2.80. The first-order valence-corrected chi connectivity index (χ1v) is 11.0. The standard InChI is InChI=1S/C24H28N6O3/c1-16-20(23(31)26-12-17-7-6-8-19(11-17)33-3)14-25-22(28-16)21-9-4-5-10-30(21)24(32)18-13-27-29(2)15-18/h6-8,11,13-15,21H,4-5,9-10,12H2,1-3H3,(H,26,31)/t21-/m1/s1. The molecule has 2 amide bonds. The minimum Gasteiger partial charge on any atom is -0.497 e. The highest BCUT2D eigenvalue weighted by Gasteiger charge is 2.31. The highest BCUT2D eigenvalue weighted by molar-refractivity contribution is 5.95. The van der Waals surface area contributed by atoms with Crippen molar-refractivity contribution >= 4 is 11.8 Å². The minimum absolute atomic E-state index is 0.0749. The van der Waals surface area contributed by atoms with E-state index in [-0.39, 0.29) is 17.9 Å². The van der Waals surface area contributed by atoms with Gasteiger partial charge in [-0.05, 0) is 43.9 Å². The zero-order chi connectivity index (χ0) is 23.4. The molecule has 33 heavy (non-hydrogen) atoms. The van der Waals surface area contributed by atoms with Gasteiger partial charge in [0.2, 0.25) is 0 Å². The second-order valence-electron chi connectivity index (χ2n) is 8.17. The lowest BCUT2D eigenvalue weighted by atomic mass is 10.00. The highest BCUT2D eigenvalue weighted by Crippen LogP contribution is 2.30. The molecule has 0 aliphatic carbocycles. The number of rotatable bonds is 6. The Kier molecular flexibility index (Phi) is 6.67. The molecule has 1 atom stereocenters. The van der Waals surface area contributed by atoms with Gasteiger partial charge in [-0.25, -0.2) is 9.97 Å². The molecule has 1 saturated heterocycles. The summed E-state index contributed by atoms with van der Waals surface area (Å²) in [4.78, 5) is 36.7. The average molecular weight is 449 g/mol. The SMILES string of the molecule is COc1cccc(CNC(=O)c2cnc([C@H]3CCCCN3C(=O)c3cnn(C)c3)nc2C)c1. The van der Waals surface area contributed by atoms with Crippen LogP contribution >= 0.6 is 0 Å². The van der Waals surface area contributed by atoms with Crippen LogP contribution in [0.15, 0.2) is 42.9 Å². The fourth-order valence-corrected chi connectivity index (χ4v) is 4.07. The third-order valence-corrected chi connectivity index (χ3v) is 5.84. The number of hydrogen-bond donors (Lipinski definition) is 1. The summed E-state index contributed by atoms with van der Waals surface area (Å²) in [6, 6.07) is 7.32. The van der Waals surface area contributed by atoms with E-state index >= 15 is 0 Å². The van der Waals surface area contributed by atoms with Gasteiger partial charge in [-0.1, -0.05) is 12.1 Å². The molecule has 1 fully saturated rings. The van der Waals surface area contributed by atoms with Gasteiger partial charge in [0, 0.05) is 32.5 Å². The maximum absolute atomic E-state index is 13.1. The fourth-order valence-electron chi connectivity index (χ4n) is 4.07. The Morgan fingerprint density at radius 1 is 1.24 bits per heavy atom. The minimum atomic E-state index is -0.242. The number of aromatic nitrogens is 4. The summed E-state index contributed by atoms with van der Waals surface area (Å²) in [5.41, 5.74) is 2.49. The van der Waals surface area contributed by atoms with E-state index in [9.17, 15) is 9.59 Å². The lowest BCUT2D eigenvalue weighted by Gasteiger charge is -2.34. The van der Waals surface area contributed by atoms with E-state index in [1.807, 2.05) is 29.2 Å². The van der Waals surface area contributed by atoms with Crippen molar-refractivity contribution in [2.24, 2.45) is 7.05 Å². The molecule has 0 unspecified atom stereocenters. The second kappa shape index (κ2) is 9.81. The van der Waals surface area contributed by atoms with E-state index in [0.29, 0.717) is 35.7 Å². The number of methoxy groups -OCH3 is 1. The van der Waals surface area contributed by atoms with Crippen LogP contribution in [-0.4, -0.2) is 50.1 Å². The van der Waals surface area contributed by atoms with Crippen molar-refractivity contribution < 1.29 is 14.3 Å². The third-order valence-electron chi connectivity index (χ3n) is 5.84. The second-order valence-corrected chi connectivity index (χ2v) is 8.17. The molecule has 1 aromatic carbocycles. The van der Waals surface area contributed by atoms with Crippen molar-refractivity contribution in [3.8, 4) is 5.75 Å². The van der Waals surface area contributed by atoms with Gasteiger partial charge in [0.1, 0.15) is 5.75 Å². The molecule has 9 nitrogen and oxygen atoms in total. The number of carbonyl (C=O) groups excluding carboxylic acids is 2. The topological polar surface area (TPSA) is 102 Å². The van der Waals surface area contributed by atoms with Crippen LogP contribution in [0.25, 0.3) is 0 Å². The molecule has 172 valence electrons. The molecule has 2 aromatic heterocycles. The van der Waals surface area contributed by atoms with Crippen molar-refractivity contribution in [2.45, 2.75) is 38.8 Å². The summed E-state index contributed by atoms with van der Waals surface area (Å²) in [5.74, 6) is 0.986. The molecule has 1 aliphatic rings. The van der Waals surface area contributed by atoms with Crippen LogP contribution in [0, 0.1) is 6.92 Å². The number of nitrogens with zero attached hydrogens (tertiary/aromatic N) is 5. The van der Waals surface area contributed by atoms with E-state index in [0.717, 1.165) is 30.6 Å². The normalized spacial score (nSPS) is 15.8. The summed E-state index contributed by atoms with van der Waals surface area (Å²) in [7, 11) is 3.40. The Morgan fingerprint density at radius 3 is 2.82 bits per heavy atom.